The van der Waals surface area contributed by atoms with E-state index in [1.54, 1.807) is 0 Å². The summed E-state index contributed by atoms with van der Waals surface area (Å²) in [6.45, 7) is 5.22. The Morgan fingerprint density at radius 2 is 1.55 bits per heavy atom. The summed E-state index contributed by atoms with van der Waals surface area (Å²) in [6.07, 6.45) is 0.144. The van der Waals surface area contributed by atoms with E-state index in [4.69, 9.17) is 0 Å². The molecule has 2 atom stereocenters. The van der Waals surface area contributed by atoms with Gasteiger partial charge in [0.2, 0.25) is 5.43 Å². The summed E-state index contributed by atoms with van der Waals surface area (Å²) in [7, 11) is 0. The maximum atomic E-state index is 15.2. The van der Waals surface area contributed by atoms with Crippen LogP contribution in [0.2, 0.25) is 0 Å². The van der Waals surface area contributed by atoms with Gasteiger partial charge in [-0.15, -0.1) is 0 Å². The van der Waals surface area contributed by atoms with Gasteiger partial charge in [-0.05, 0) is 25.3 Å². The van der Waals surface area contributed by atoms with Gasteiger partial charge in [-0.25, -0.2) is 22.5 Å². The number of aliphatic hydroxyl groups is 2. The molecule has 4 rings (SSSR count). The molecule has 0 saturated carbocycles. The number of carbonyl (C=O) groups excluding carboxylic acids is 1. The highest BCUT2D eigenvalue weighted by Crippen LogP contribution is 2.29. The molecule has 0 spiro atoms. The molecule has 1 saturated heterocycles. The highest BCUT2D eigenvalue weighted by molar-refractivity contribution is 5.97. The molecule has 0 radical (unpaired) electrons. The van der Waals surface area contributed by atoms with Gasteiger partial charge in [-0.3, -0.25) is 14.2 Å². The van der Waals surface area contributed by atoms with Crippen LogP contribution in [-0.4, -0.2) is 56.5 Å². The monoisotopic (exact) mass is 536 g/mol. The van der Waals surface area contributed by atoms with Crippen molar-refractivity contribution < 1.29 is 32.6 Å². The van der Waals surface area contributed by atoms with Crippen molar-refractivity contribution in [3.05, 3.63) is 63.5 Å². The predicted octanol–water partition coefficient (Wildman–Crippen LogP) is 3.18. The lowest BCUT2D eigenvalue weighted by molar-refractivity contribution is 0.0572. The van der Waals surface area contributed by atoms with Gasteiger partial charge in [0.15, 0.2) is 28.9 Å². The van der Waals surface area contributed by atoms with Crippen LogP contribution in [0.1, 0.15) is 50.4 Å². The highest BCUT2D eigenvalue weighted by Gasteiger charge is 2.33. The zero-order chi connectivity index (χ0) is 27.9. The molecule has 3 N–H and O–H groups in total. The summed E-state index contributed by atoms with van der Waals surface area (Å²) >= 11 is 0. The Morgan fingerprint density at radius 1 is 1.00 bits per heavy atom. The average molecular weight is 537 g/mol. The van der Waals surface area contributed by atoms with E-state index in [0.29, 0.717) is 31.4 Å². The Hall–Kier alpha value is -3.51. The number of aliphatic hydroxyl groups excluding tert-OH is 2. The standard InChI is InChI=1S/C26H28F4N4O4/c1-4-26(5-2,6-3)32-25(38)15-10-34(21-16(28)7-13(27)8-17(21)29)23-14(22(15)37)9-18(30)24(31-23)33-11-19(35)20(36)12-33/h7-10,19-20,35-36H,4-6,11-12H2,1-3H3,(H,32,38)/t19-,20-/m1/s1. The van der Waals surface area contributed by atoms with Crippen LogP contribution in [0.25, 0.3) is 16.7 Å². The van der Waals surface area contributed by atoms with E-state index in [9.17, 15) is 33.0 Å². The van der Waals surface area contributed by atoms with Gasteiger partial charge in [0.1, 0.15) is 17.1 Å². The number of pyridine rings is 2. The largest absolute Gasteiger partial charge is 0.389 e. The number of hydrogen-bond acceptors (Lipinski definition) is 6. The summed E-state index contributed by atoms with van der Waals surface area (Å²) in [5.41, 5.74) is -3.32. The molecule has 3 heterocycles. The molecule has 12 heteroatoms. The molecule has 1 fully saturated rings. The molecule has 1 aliphatic heterocycles. The average Bonchev–Trinajstić information content (AvgIpc) is 3.20. The molecule has 2 aromatic heterocycles. The fraction of sp³-hybridized carbons (Fsp3) is 0.423. The van der Waals surface area contributed by atoms with Gasteiger partial charge in [0, 0.05) is 37.0 Å². The fourth-order valence-electron chi connectivity index (χ4n) is 4.80. The van der Waals surface area contributed by atoms with Crippen LogP contribution in [0.5, 0.6) is 0 Å². The zero-order valence-corrected chi connectivity index (χ0v) is 21.1. The number of hydrogen-bond donors (Lipinski definition) is 3. The molecule has 1 aromatic carbocycles. The van der Waals surface area contributed by atoms with Gasteiger partial charge in [0.05, 0.1) is 17.6 Å². The molecule has 1 amide bonds. The minimum absolute atomic E-state index is 0.187. The lowest BCUT2D eigenvalue weighted by Crippen LogP contribution is -2.48. The minimum atomic E-state index is -1.34. The first-order valence-electron chi connectivity index (χ1n) is 12.3. The number of nitrogens with zero attached hydrogens (tertiary/aromatic N) is 3. The SMILES string of the molecule is CCC(CC)(CC)NC(=O)c1cn(-c2c(F)cc(F)cc2F)c2nc(N3C[C@@H](O)[C@H](O)C3)c(F)cc2c1=O. The smallest absolute Gasteiger partial charge is 0.257 e. The molecule has 0 aliphatic carbocycles. The van der Waals surface area contributed by atoms with Crippen LogP contribution in [-0.2, 0) is 0 Å². The van der Waals surface area contributed by atoms with Gasteiger partial charge >= 0.3 is 0 Å². The number of fused-ring (bicyclic) bond motifs is 1. The fourth-order valence-corrected chi connectivity index (χ4v) is 4.80. The maximum Gasteiger partial charge on any atom is 0.257 e. The van der Waals surface area contributed by atoms with Crippen molar-refractivity contribution in [2.75, 3.05) is 18.0 Å². The Balaban J connectivity index is 2.00. The first kappa shape index (κ1) is 27.5. The van der Waals surface area contributed by atoms with E-state index in [1.807, 2.05) is 20.8 Å². The predicted molar refractivity (Wildman–Crippen MR) is 132 cm³/mol. The third-order valence-corrected chi connectivity index (χ3v) is 7.35. The summed E-state index contributed by atoms with van der Waals surface area (Å²) in [5, 5.41) is 22.1. The number of amides is 1. The van der Waals surface area contributed by atoms with Gasteiger partial charge in [-0.2, -0.15) is 0 Å². The van der Waals surface area contributed by atoms with E-state index in [-0.39, 0.29) is 18.9 Å². The summed E-state index contributed by atoms with van der Waals surface area (Å²) < 4.78 is 59.5. The molecular weight excluding hydrogens is 508 g/mol. The van der Waals surface area contributed by atoms with Crippen LogP contribution in [0.3, 0.4) is 0 Å². The second-order valence-corrected chi connectivity index (χ2v) is 9.46. The molecule has 38 heavy (non-hydrogen) atoms. The Bertz CT molecular complexity index is 1420. The van der Waals surface area contributed by atoms with Gasteiger partial charge in [0.25, 0.3) is 5.91 Å². The van der Waals surface area contributed by atoms with Crippen LogP contribution >= 0.6 is 0 Å². The summed E-state index contributed by atoms with van der Waals surface area (Å²) in [6, 6.07) is 1.64. The Labute approximate surface area is 215 Å². The van der Waals surface area contributed by atoms with Gasteiger partial charge in [-0.1, -0.05) is 20.8 Å². The van der Waals surface area contributed by atoms with E-state index in [2.05, 4.69) is 10.3 Å². The molecule has 204 valence electrons. The molecule has 0 bridgehead atoms. The number of aromatic nitrogens is 2. The number of carbonyl (C=O) groups is 1. The third kappa shape index (κ3) is 4.73. The maximum absolute atomic E-state index is 15.2. The topological polar surface area (TPSA) is 108 Å². The van der Waals surface area contributed by atoms with Crippen molar-refractivity contribution in [2.24, 2.45) is 0 Å². The van der Waals surface area contributed by atoms with Crippen LogP contribution in [0.4, 0.5) is 23.4 Å². The van der Waals surface area contributed by atoms with Crippen LogP contribution < -0.4 is 15.6 Å². The van der Waals surface area contributed by atoms with E-state index in [0.717, 1.165) is 16.8 Å². The zero-order valence-electron chi connectivity index (χ0n) is 21.1. The number of β-amino-alcohol motifs (C(OH)–C–C–N with tert-alkyl or cyclic N) is 2. The lowest BCUT2D eigenvalue weighted by Gasteiger charge is -2.31. The van der Waals surface area contributed by atoms with E-state index < -0.39 is 74.6 Å². The van der Waals surface area contributed by atoms with Crippen molar-refractivity contribution in [1.29, 1.82) is 0 Å². The van der Waals surface area contributed by atoms with Crippen molar-refractivity contribution in [3.63, 3.8) is 0 Å². The van der Waals surface area contributed by atoms with Crippen LogP contribution in [0, 0.1) is 23.3 Å². The first-order valence-corrected chi connectivity index (χ1v) is 12.3. The second kappa shape index (κ2) is 10.3. The highest BCUT2D eigenvalue weighted by atomic mass is 19.1. The first-order chi connectivity index (χ1) is 17.9. The van der Waals surface area contributed by atoms with Crippen molar-refractivity contribution in [3.8, 4) is 5.69 Å². The molecule has 0 unspecified atom stereocenters. The number of nitrogens with one attached hydrogen (secondary N) is 1. The van der Waals surface area contributed by atoms with Crippen LogP contribution in [0.15, 0.2) is 29.2 Å². The summed E-state index contributed by atoms with van der Waals surface area (Å²) in [4.78, 5) is 32.0. The molecule has 1 aliphatic rings. The quantitative estimate of drug-likeness (QED) is 0.401. The van der Waals surface area contributed by atoms with Crippen molar-refractivity contribution in [1.82, 2.24) is 14.9 Å². The molecule has 3 aromatic rings. The Kier molecular flexibility index (Phi) is 7.48. The lowest BCUT2D eigenvalue weighted by atomic mass is 9.89. The number of halogens is 4. The van der Waals surface area contributed by atoms with Crippen molar-refractivity contribution in [2.45, 2.75) is 57.8 Å². The van der Waals surface area contributed by atoms with E-state index in [1.165, 1.54) is 4.90 Å². The molecular formula is C26H28F4N4O4. The summed E-state index contributed by atoms with van der Waals surface area (Å²) in [5.74, 6) is -6.10. The third-order valence-electron chi connectivity index (χ3n) is 7.35. The Morgan fingerprint density at radius 3 is 2.08 bits per heavy atom. The number of rotatable bonds is 7. The van der Waals surface area contributed by atoms with Crippen molar-refractivity contribution >= 4 is 22.8 Å². The van der Waals surface area contributed by atoms with E-state index >= 15 is 4.39 Å². The minimum Gasteiger partial charge on any atom is -0.389 e. The molecule has 8 nitrogen and oxygen atoms in total. The van der Waals surface area contributed by atoms with Gasteiger partial charge < -0.3 is 20.4 Å². The number of benzene rings is 1. The second-order valence-electron chi connectivity index (χ2n) is 9.46. The number of anilines is 1. The normalized spacial score (nSPS) is 17.9.